The molecule has 7 heteroatoms. The molecule has 0 fully saturated rings. The van der Waals surface area contributed by atoms with Crippen LogP contribution >= 0.6 is 23.4 Å². The molecule has 2 heterocycles. The Labute approximate surface area is 158 Å². The van der Waals surface area contributed by atoms with Gasteiger partial charge in [-0.2, -0.15) is 0 Å². The lowest BCUT2D eigenvalue weighted by Gasteiger charge is -2.06. The number of nitrogens with one attached hydrogen (secondary N) is 1. The van der Waals surface area contributed by atoms with Crippen LogP contribution in [0.25, 0.3) is 22.4 Å². The minimum Gasteiger partial charge on any atom is -0.423 e. The van der Waals surface area contributed by atoms with Crippen LogP contribution in [0.2, 0.25) is 5.02 Å². The van der Waals surface area contributed by atoms with Crippen LogP contribution in [0.3, 0.4) is 0 Å². The quantitative estimate of drug-likeness (QED) is 0.403. The maximum absolute atomic E-state index is 11.9. The molecule has 0 atom stereocenters. The number of thioether (sulfide) groups is 1. The summed E-state index contributed by atoms with van der Waals surface area (Å²) >= 11 is 7.68. The average Bonchev–Trinajstić information content (AvgIpc) is 3.11. The second-order valence-corrected chi connectivity index (χ2v) is 7.16. The molecule has 4 rings (SSSR count). The van der Waals surface area contributed by atoms with Crippen molar-refractivity contribution in [2.24, 2.45) is 0 Å². The molecular weight excluding hydrogens is 370 g/mol. The SMILES string of the molecule is Cc1cc2oc(=O)cc(CSc3n[nH]c(-c4ccccc4)n3)c2cc1Cl. The van der Waals surface area contributed by atoms with Crippen molar-refractivity contribution in [3.8, 4) is 11.4 Å². The smallest absolute Gasteiger partial charge is 0.336 e. The molecule has 0 saturated heterocycles. The fourth-order valence-corrected chi connectivity index (χ4v) is 3.60. The highest BCUT2D eigenvalue weighted by Crippen LogP contribution is 2.29. The van der Waals surface area contributed by atoms with Crippen molar-refractivity contribution in [3.05, 3.63) is 75.1 Å². The van der Waals surface area contributed by atoms with E-state index in [2.05, 4.69) is 15.2 Å². The van der Waals surface area contributed by atoms with E-state index < -0.39 is 0 Å². The van der Waals surface area contributed by atoms with Gasteiger partial charge in [0.2, 0.25) is 5.16 Å². The molecule has 0 radical (unpaired) electrons. The highest BCUT2D eigenvalue weighted by Gasteiger charge is 2.11. The predicted molar refractivity (Wildman–Crippen MR) is 104 cm³/mol. The summed E-state index contributed by atoms with van der Waals surface area (Å²) in [5.41, 5.74) is 2.84. The highest BCUT2D eigenvalue weighted by atomic mass is 35.5. The van der Waals surface area contributed by atoms with Crippen LogP contribution in [0.15, 0.2) is 62.9 Å². The first-order valence-corrected chi connectivity index (χ1v) is 9.30. The number of rotatable bonds is 4. The van der Waals surface area contributed by atoms with Gasteiger partial charge in [-0.3, -0.25) is 5.10 Å². The summed E-state index contributed by atoms with van der Waals surface area (Å²) in [7, 11) is 0. The molecule has 0 aliphatic heterocycles. The second kappa shape index (κ2) is 6.97. The summed E-state index contributed by atoms with van der Waals surface area (Å²) in [6.45, 7) is 1.88. The lowest BCUT2D eigenvalue weighted by atomic mass is 10.1. The zero-order valence-electron chi connectivity index (χ0n) is 13.8. The van der Waals surface area contributed by atoms with E-state index in [-0.39, 0.29) is 5.63 Å². The Balaban J connectivity index is 1.61. The molecule has 1 N–H and O–H groups in total. The standard InChI is InChI=1S/C19H14ClN3O2S/c1-11-7-16-14(9-15(11)20)13(8-17(24)25-16)10-26-19-21-18(22-23-19)12-5-3-2-4-6-12/h2-9H,10H2,1H3,(H,21,22,23). The Hall–Kier alpha value is -2.57. The molecule has 0 saturated carbocycles. The number of nitrogens with zero attached hydrogens (tertiary/aromatic N) is 2. The molecule has 4 aromatic rings. The zero-order valence-corrected chi connectivity index (χ0v) is 15.4. The van der Waals surface area contributed by atoms with Crippen molar-refractivity contribution in [1.82, 2.24) is 15.2 Å². The Morgan fingerprint density at radius 2 is 2.00 bits per heavy atom. The summed E-state index contributed by atoms with van der Waals surface area (Å²) in [4.78, 5) is 16.4. The molecular formula is C19H14ClN3O2S. The monoisotopic (exact) mass is 383 g/mol. The molecule has 2 aromatic carbocycles. The van der Waals surface area contributed by atoms with Crippen LogP contribution in [0, 0.1) is 6.92 Å². The maximum Gasteiger partial charge on any atom is 0.336 e. The van der Waals surface area contributed by atoms with Crippen molar-refractivity contribution in [1.29, 1.82) is 0 Å². The third-order valence-electron chi connectivity index (χ3n) is 3.98. The van der Waals surface area contributed by atoms with E-state index in [1.54, 1.807) is 6.07 Å². The van der Waals surface area contributed by atoms with Gasteiger partial charge in [-0.05, 0) is 30.2 Å². The molecule has 0 aliphatic carbocycles. The summed E-state index contributed by atoms with van der Waals surface area (Å²) in [5.74, 6) is 1.25. The van der Waals surface area contributed by atoms with Gasteiger partial charge >= 0.3 is 5.63 Å². The number of aromatic amines is 1. The third kappa shape index (κ3) is 3.38. The van der Waals surface area contributed by atoms with E-state index in [9.17, 15) is 4.79 Å². The molecule has 130 valence electrons. The van der Waals surface area contributed by atoms with Gasteiger partial charge in [-0.1, -0.05) is 53.7 Å². The van der Waals surface area contributed by atoms with Crippen LogP contribution < -0.4 is 5.63 Å². The second-order valence-electron chi connectivity index (χ2n) is 5.81. The van der Waals surface area contributed by atoms with Crippen molar-refractivity contribution in [3.63, 3.8) is 0 Å². The van der Waals surface area contributed by atoms with Gasteiger partial charge in [-0.25, -0.2) is 9.78 Å². The summed E-state index contributed by atoms with van der Waals surface area (Å²) in [6, 6.07) is 14.9. The lowest BCUT2D eigenvalue weighted by molar-refractivity contribution is 0.559. The average molecular weight is 384 g/mol. The van der Waals surface area contributed by atoms with Gasteiger partial charge in [0.05, 0.1) is 0 Å². The van der Waals surface area contributed by atoms with Gasteiger partial charge in [0.1, 0.15) is 5.58 Å². The number of halogens is 1. The van der Waals surface area contributed by atoms with E-state index in [4.69, 9.17) is 16.0 Å². The van der Waals surface area contributed by atoms with E-state index in [0.717, 1.165) is 22.1 Å². The molecule has 2 aromatic heterocycles. The van der Waals surface area contributed by atoms with Crippen molar-refractivity contribution >= 4 is 34.3 Å². The first-order valence-electron chi connectivity index (χ1n) is 7.93. The van der Waals surface area contributed by atoms with Crippen LogP contribution in [0.1, 0.15) is 11.1 Å². The Kier molecular flexibility index (Phi) is 4.53. The lowest BCUT2D eigenvalue weighted by Crippen LogP contribution is -2.00. The third-order valence-corrected chi connectivity index (χ3v) is 5.28. The molecule has 0 bridgehead atoms. The predicted octanol–water partition coefficient (Wildman–Crippen LogP) is 4.83. The largest absolute Gasteiger partial charge is 0.423 e. The Morgan fingerprint density at radius 3 is 2.81 bits per heavy atom. The Bertz CT molecular complexity index is 1140. The van der Waals surface area contributed by atoms with Crippen LogP contribution in [0.4, 0.5) is 0 Å². The summed E-state index contributed by atoms with van der Waals surface area (Å²) < 4.78 is 5.29. The van der Waals surface area contributed by atoms with E-state index >= 15 is 0 Å². The molecule has 26 heavy (non-hydrogen) atoms. The first kappa shape index (κ1) is 16.9. The Morgan fingerprint density at radius 1 is 1.19 bits per heavy atom. The maximum atomic E-state index is 11.9. The van der Waals surface area contributed by atoms with Crippen LogP contribution in [-0.4, -0.2) is 15.2 Å². The van der Waals surface area contributed by atoms with Crippen LogP contribution in [-0.2, 0) is 5.75 Å². The molecule has 5 nitrogen and oxygen atoms in total. The number of aromatic nitrogens is 3. The van der Waals surface area contributed by atoms with Gasteiger partial charge < -0.3 is 4.42 Å². The minimum absolute atomic E-state index is 0.380. The number of aryl methyl sites for hydroxylation is 1. The van der Waals surface area contributed by atoms with Crippen molar-refractivity contribution < 1.29 is 4.42 Å². The van der Waals surface area contributed by atoms with Gasteiger partial charge in [0, 0.05) is 27.8 Å². The molecule has 0 amide bonds. The number of benzene rings is 2. The van der Waals surface area contributed by atoms with E-state index in [1.807, 2.05) is 43.3 Å². The molecule has 0 unspecified atom stereocenters. The van der Waals surface area contributed by atoms with E-state index in [1.165, 1.54) is 17.8 Å². The zero-order chi connectivity index (χ0) is 18.1. The molecule has 0 spiro atoms. The number of hydrogen-bond acceptors (Lipinski definition) is 5. The normalized spacial score (nSPS) is 11.2. The minimum atomic E-state index is -0.380. The summed E-state index contributed by atoms with van der Waals surface area (Å²) in [6.07, 6.45) is 0. The fraction of sp³-hybridized carbons (Fsp3) is 0.105. The van der Waals surface area contributed by atoms with Gasteiger partial charge in [-0.15, -0.1) is 5.10 Å². The number of hydrogen-bond donors (Lipinski definition) is 1. The first-order chi connectivity index (χ1) is 12.6. The van der Waals surface area contributed by atoms with E-state index in [0.29, 0.717) is 27.3 Å². The van der Waals surface area contributed by atoms with Crippen molar-refractivity contribution in [2.75, 3.05) is 0 Å². The number of fused-ring (bicyclic) bond motifs is 1. The summed E-state index contributed by atoms with van der Waals surface area (Å²) in [5, 5.41) is 9.26. The van der Waals surface area contributed by atoms with Gasteiger partial charge in [0.25, 0.3) is 0 Å². The van der Waals surface area contributed by atoms with Crippen molar-refractivity contribution in [2.45, 2.75) is 17.8 Å². The fourth-order valence-electron chi connectivity index (χ4n) is 2.65. The highest BCUT2D eigenvalue weighted by molar-refractivity contribution is 7.98. The number of H-pyrrole nitrogens is 1. The van der Waals surface area contributed by atoms with Crippen LogP contribution in [0.5, 0.6) is 0 Å². The topological polar surface area (TPSA) is 71.8 Å². The molecule has 0 aliphatic rings. The van der Waals surface area contributed by atoms with Gasteiger partial charge in [0.15, 0.2) is 5.82 Å².